The Morgan fingerprint density at radius 3 is 2.29 bits per heavy atom. The molecule has 0 spiro atoms. The van der Waals surface area contributed by atoms with Crippen LogP contribution in [-0.2, 0) is 6.42 Å². The standard InChI is InChI=1S/C12H8Br2F2S/c13-8(11-4-5-12(14)17-11)6-7-9(15)2-1-3-10(7)16/h1-5,8H,6H2. The fraction of sp³-hybridized carbons (Fsp3) is 0.167. The van der Waals surface area contributed by atoms with Crippen LogP contribution >= 0.6 is 43.2 Å². The third-order valence-electron chi connectivity index (χ3n) is 2.35. The Morgan fingerprint density at radius 2 is 1.76 bits per heavy atom. The van der Waals surface area contributed by atoms with Crippen molar-refractivity contribution in [3.8, 4) is 0 Å². The summed E-state index contributed by atoms with van der Waals surface area (Å²) >= 11 is 8.38. The fourth-order valence-corrected chi connectivity index (χ4v) is 3.66. The number of halogens is 4. The minimum absolute atomic E-state index is 0.0785. The molecule has 2 aromatic rings. The van der Waals surface area contributed by atoms with E-state index < -0.39 is 11.6 Å². The number of hydrogen-bond donors (Lipinski definition) is 0. The molecule has 1 aromatic heterocycles. The fourth-order valence-electron chi connectivity index (χ4n) is 1.50. The zero-order valence-corrected chi connectivity index (χ0v) is 12.6. The van der Waals surface area contributed by atoms with E-state index in [2.05, 4.69) is 31.9 Å². The second kappa shape index (κ2) is 5.59. The van der Waals surface area contributed by atoms with Crippen LogP contribution in [0.3, 0.4) is 0 Å². The maximum atomic E-state index is 13.5. The van der Waals surface area contributed by atoms with Gasteiger partial charge in [-0.1, -0.05) is 22.0 Å². The zero-order chi connectivity index (χ0) is 12.4. The summed E-state index contributed by atoms with van der Waals surface area (Å²) in [6, 6.07) is 7.79. The highest BCUT2D eigenvalue weighted by atomic mass is 79.9. The molecule has 0 aliphatic rings. The van der Waals surface area contributed by atoms with Gasteiger partial charge in [-0.25, -0.2) is 8.78 Å². The Hall–Kier alpha value is -0.260. The van der Waals surface area contributed by atoms with Gasteiger partial charge in [0.1, 0.15) is 11.6 Å². The Balaban J connectivity index is 2.21. The topological polar surface area (TPSA) is 0 Å². The highest BCUT2D eigenvalue weighted by Gasteiger charge is 2.16. The lowest BCUT2D eigenvalue weighted by Crippen LogP contribution is -1.99. The van der Waals surface area contributed by atoms with Gasteiger partial charge in [-0.15, -0.1) is 11.3 Å². The summed E-state index contributed by atoms with van der Waals surface area (Å²) in [5.74, 6) is -0.991. The normalized spacial score (nSPS) is 12.7. The zero-order valence-electron chi connectivity index (χ0n) is 8.59. The summed E-state index contributed by atoms with van der Waals surface area (Å²) in [5.41, 5.74) is 0.124. The molecule has 90 valence electrons. The van der Waals surface area contributed by atoms with Crippen LogP contribution in [-0.4, -0.2) is 0 Å². The number of benzene rings is 1. The highest BCUT2D eigenvalue weighted by molar-refractivity contribution is 9.11. The van der Waals surface area contributed by atoms with Gasteiger partial charge in [0.05, 0.1) is 8.61 Å². The molecule has 5 heteroatoms. The molecule has 0 saturated heterocycles. The van der Waals surface area contributed by atoms with Crippen LogP contribution in [0.1, 0.15) is 15.3 Å². The molecule has 0 amide bonds. The van der Waals surface area contributed by atoms with E-state index in [9.17, 15) is 8.78 Å². The van der Waals surface area contributed by atoms with Gasteiger partial charge < -0.3 is 0 Å². The van der Waals surface area contributed by atoms with E-state index in [1.54, 1.807) is 11.3 Å². The predicted molar refractivity (Wildman–Crippen MR) is 73.7 cm³/mol. The first-order valence-electron chi connectivity index (χ1n) is 4.90. The van der Waals surface area contributed by atoms with Gasteiger partial charge >= 0.3 is 0 Å². The van der Waals surface area contributed by atoms with Crippen molar-refractivity contribution in [3.05, 3.63) is 56.2 Å². The average molecular weight is 382 g/mol. The molecular weight excluding hydrogens is 374 g/mol. The van der Waals surface area contributed by atoms with Crippen LogP contribution in [0.25, 0.3) is 0 Å². The quantitative estimate of drug-likeness (QED) is 0.618. The number of thiophene rings is 1. The molecule has 1 unspecified atom stereocenters. The molecule has 0 N–H and O–H groups in total. The van der Waals surface area contributed by atoms with E-state index in [4.69, 9.17) is 0 Å². The Kier molecular flexibility index (Phi) is 4.33. The van der Waals surface area contributed by atoms with Gasteiger partial charge in [-0.2, -0.15) is 0 Å². The molecule has 0 radical (unpaired) electrons. The van der Waals surface area contributed by atoms with Gasteiger partial charge in [0.2, 0.25) is 0 Å². The smallest absolute Gasteiger partial charge is 0.129 e. The molecule has 17 heavy (non-hydrogen) atoms. The Labute approximate surface area is 119 Å². The molecule has 0 bridgehead atoms. The first kappa shape index (κ1) is 13.2. The molecule has 1 heterocycles. The van der Waals surface area contributed by atoms with E-state index in [0.717, 1.165) is 8.66 Å². The molecule has 0 fully saturated rings. The lowest BCUT2D eigenvalue weighted by molar-refractivity contribution is 0.554. The van der Waals surface area contributed by atoms with Crippen LogP contribution in [0.2, 0.25) is 0 Å². The van der Waals surface area contributed by atoms with Gasteiger partial charge in [0.15, 0.2) is 0 Å². The molecule has 0 aliphatic heterocycles. The Bertz CT molecular complexity index is 505. The number of rotatable bonds is 3. The maximum absolute atomic E-state index is 13.5. The van der Waals surface area contributed by atoms with E-state index in [1.165, 1.54) is 18.2 Å². The van der Waals surface area contributed by atoms with Crippen LogP contribution in [0, 0.1) is 11.6 Å². The summed E-state index contributed by atoms with van der Waals surface area (Å²) in [7, 11) is 0. The lowest BCUT2D eigenvalue weighted by Gasteiger charge is -2.09. The van der Waals surface area contributed by atoms with Crippen molar-refractivity contribution < 1.29 is 8.78 Å². The number of hydrogen-bond acceptors (Lipinski definition) is 1. The summed E-state index contributed by atoms with van der Waals surface area (Å²) in [6.07, 6.45) is 0.297. The van der Waals surface area contributed by atoms with Gasteiger partial charge in [0, 0.05) is 10.4 Å². The second-order valence-corrected chi connectivity index (χ2v) is 7.11. The van der Waals surface area contributed by atoms with Crippen molar-refractivity contribution in [1.82, 2.24) is 0 Å². The van der Waals surface area contributed by atoms with Crippen molar-refractivity contribution in [2.75, 3.05) is 0 Å². The van der Waals surface area contributed by atoms with Crippen molar-refractivity contribution in [3.63, 3.8) is 0 Å². The summed E-state index contributed by atoms with van der Waals surface area (Å²) in [6.45, 7) is 0. The van der Waals surface area contributed by atoms with Crippen molar-refractivity contribution >= 4 is 43.2 Å². The van der Waals surface area contributed by atoms with Crippen LogP contribution in [0.4, 0.5) is 8.78 Å². The SMILES string of the molecule is Fc1cccc(F)c1CC(Br)c1ccc(Br)s1. The van der Waals surface area contributed by atoms with Crippen LogP contribution in [0.15, 0.2) is 34.1 Å². The van der Waals surface area contributed by atoms with E-state index in [-0.39, 0.29) is 10.4 Å². The summed E-state index contributed by atoms with van der Waals surface area (Å²) in [4.78, 5) is 0.963. The molecule has 1 aromatic carbocycles. The molecule has 2 rings (SSSR count). The molecular formula is C12H8Br2F2S. The van der Waals surface area contributed by atoms with E-state index >= 15 is 0 Å². The molecule has 1 atom stereocenters. The first-order valence-corrected chi connectivity index (χ1v) is 7.42. The second-order valence-electron chi connectivity index (χ2n) is 3.51. The van der Waals surface area contributed by atoms with Crippen molar-refractivity contribution in [2.45, 2.75) is 11.2 Å². The van der Waals surface area contributed by atoms with Gasteiger partial charge in [0.25, 0.3) is 0 Å². The minimum Gasteiger partial charge on any atom is -0.207 e. The Morgan fingerprint density at radius 1 is 1.12 bits per heavy atom. The average Bonchev–Trinajstić information content (AvgIpc) is 2.70. The maximum Gasteiger partial charge on any atom is 0.129 e. The van der Waals surface area contributed by atoms with E-state index in [0.29, 0.717) is 6.42 Å². The van der Waals surface area contributed by atoms with Crippen molar-refractivity contribution in [2.24, 2.45) is 0 Å². The summed E-state index contributed by atoms with van der Waals surface area (Å²) in [5, 5.41) is 0. The molecule has 0 aliphatic carbocycles. The predicted octanol–water partition coefficient (Wildman–Crippen LogP) is 5.47. The van der Waals surface area contributed by atoms with Crippen molar-refractivity contribution in [1.29, 1.82) is 0 Å². The third-order valence-corrected chi connectivity index (χ3v) is 5.21. The minimum atomic E-state index is -0.495. The largest absolute Gasteiger partial charge is 0.207 e. The highest BCUT2D eigenvalue weighted by Crippen LogP contribution is 2.35. The molecule has 0 saturated carbocycles. The first-order chi connectivity index (χ1) is 8.08. The third kappa shape index (κ3) is 3.14. The number of alkyl halides is 1. The van der Waals surface area contributed by atoms with Crippen LogP contribution < -0.4 is 0 Å². The van der Waals surface area contributed by atoms with Gasteiger partial charge in [-0.05, 0) is 46.6 Å². The summed E-state index contributed by atoms with van der Waals surface area (Å²) < 4.78 is 27.9. The van der Waals surface area contributed by atoms with Crippen LogP contribution in [0.5, 0.6) is 0 Å². The molecule has 0 nitrogen and oxygen atoms in total. The lowest BCUT2D eigenvalue weighted by atomic mass is 10.1. The van der Waals surface area contributed by atoms with Gasteiger partial charge in [-0.3, -0.25) is 0 Å². The monoisotopic (exact) mass is 380 g/mol. The van der Waals surface area contributed by atoms with E-state index in [1.807, 2.05) is 12.1 Å².